The first-order chi connectivity index (χ1) is 9.02. The van der Waals surface area contributed by atoms with E-state index in [2.05, 4.69) is 42.0 Å². The molecule has 2 nitrogen and oxygen atoms in total. The number of hydrogen-bond acceptors (Lipinski definition) is 2. The van der Waals surface area contributed by atoms with Gasteiger partial charge in [0.25, 0.3) is 0 Å². The van der Waals surface area contributed by atoms with Gasteiger partial charge in [-0.05, 0) is 18.6 Å². The molecule has 4 heteroatoms. The van der Waals surface area contributed by atoms with Gasteiger partial charge in [0.15, 0.2) is 11.4 Å². The first kappa shape index (κ1) is 14.5. The summed E-state index contributed by atoms with van der Waals surface area (Å²) in [4.78, 5) is 0. The Morgan fingerprint density at radius 1 is 1.37 bits per heavy atom. The van der Waals surface area contributed by atoms with E-state index in [9.17, 15) is 4.39 Å². The maximum Gasteiger partial charge on any atom is 0.170 e. The van der Waals surface area contributed by atoms with Crippen molar-refractivity contribution >= 4 is 26.9 Å². The lowest BCUT2D eigenvalue weighted by Gasteiger charge is -2.07. The van der Waals surface area contributed by atoms with Crippen LogP contribution in [-0.2, 0) is 13.0 Å². The fourth-order valence-electron chi connectivity index (χ4n) is 2.19. The summed E-state index contributed by atoms with van der Waals surface area (Å²) >= 11 is 3.34. The highest BCUT2D eigenvalue weighted by atomic mass is 79.9. The largest absolute Gasteiger partial charge is 0.456 e. The molecule has 0 unspecified atom stereocenters. The van der Waals surface area contributed by atoms with Crippen LogP contribution in [0.3, 0.4) is 0 Å². The van der Waals surface area contributed by atoms with Crippen molar-refractivity contribution in [2.45, 2.75) is 46.2 Å². The maximum atomic E-state index is 13.9. The molecule has 0 saturated carbocycles. The highest BCUT2D eigenvalue weighted by Crippen LogP contribution is 2.32. The van der Waals surface area contributed by atoms with Gasteiger partial charge >= 0.3 is 0 Å². The van der Waals surface area contributed by atoms with Crippen LogP contribution in [0.1, 0.15) is 38.5 Å². The van der Waals surface area contributed by atoms with Gasteiger partial charge in [-0.1, -0.05) is 43.1 Å². The van der Waals surface area contributed by atoms with Crippen molar-refractivity contribution in [3.05, 3.63) is 33.7 Å². The molecule has 0 aliphatic heterocycles. The third-order valence-electron chi connectivity index (χ3n) is 3.07. The molecule has 0 amide bonds. The Balaban J connectivity index is 2.50. The fourth-order valence-corrected chi connectivity index (χ4v) is 2.62. The Labute approximate surface area is 121 Å². The Kier molecular flexibility index (Phi) is 4.63. The van der Waals surface area contributed by atoms with E-state index < -0.39 is 0 Å². The number of nitrogens with one attached hydrogen (secondary N) is 1. The second kappa shape index (κ2) is 6.06. The molecule has 0 fully saturated rings. The summed E-state index contributed by atoms with van der Waals surface area (Å²) in [5.41, 5.74) is 1.48. The van der Waals surface area contributed by atoms with E-state index in [1.165, 1.54) is 6.07 Å². The van der Waals surface area contributed by atoms with Gasteiger partial charge in [0.1, 0.15) is 5.76 Å². The van der Waals surface area contributed by atoms with Crippen molar-refractivity contribution in [1.29, 1.82) is 0 Å². The standard InChI is InChI=1S/C15H19BrFNO/c1-4-5-11-12-6-10(16)7-13(17)15(12)19-14(11)8-18-9(2)3/h6-7,9,18H,4-5,8H2,1-3H3. The van der Waals surface area contributed by atoms with Crippen molar-refractivity contribution < 1.29 is 8.81 Å². The van der Waals surface area contributed by atoms with Gasteiger partial charge < -0.3 is 9.73 Å². The van der Waals surface area contributed by atoms with E-state index in [0.29, 0.717) is 18.2 Å². The zero-order valence-corrected chi connectivity index (χ0v) is 13.1. The molecule has 0 spiro atoms. The Morgan fingerprint density at radius 3 is 2.74 bits per heavy atom. The lowest BCUT2D eigenvalue weighted by Crippen LogP contribution is -2.22. The molecule has 2 aromatic rings. The number of halogens is 2. The molecule has 0 aliphatic carbocycles. The smallest absolute Gasteiger partial charge is 0.170 e. The zero-order valence-electron chi connectivity index (χ0n) is 11.5. The number of benzene rings is 1. The summed E-state index contributed by atoms with van der Waals surface area (Å²) in [5, 5.41) is 4.21. The molecule has 0 saturated heterocycles. The highest BCUT2D eigenvalue weighted by Gasteiger charge is 2.17. The van der Waals surface area contributed by atoms with E-state index in [1.807, 2.05) is 6.07 Å². The van der Waals surface area contributed by atoms with Crippen molar-refractivity contribution in [2.75, 3.05) is 0 Å². The van der Waals surface area contributed by atoms with E-state index in [4.69, 9.17) is 4.42 Å². The van der Waals surface area contributed by atoms with Gasteiger partial charge in [-0.2, -0.15) is 0 Å². The van der Waals surface area contributed by atoms with Crippen molar-refractivity contribution in [3.63, 3.8) is 0 Å². The van der Waals surface area contributed by atoms with Gasteiger partial charge in [0, 0.05) is 21.5 Å². The summed E-state index contributed by atoms with van der Waals surface area (Å²) < 4.78 is 20.4. The average molecular weight is 328 g/mol. The maximum absolute atomic E-state index is 13.9. The van der Waals surface area contributed by atoms with Crippen LogP contribution < -0.4 is 5.32 Å². The molecule has 1 N–H and O–H groups in total. The SMILES string of the molecule is CCCc1c(CNC(C)C)oc2c(F)cc(Br)cc12. The van der Waals surface area contributed by atoms with Crippen LogP contribution in [0.5, 0.6) is 0 Å². The Hall–Kier alpha value is -0.870. The minimum absolute atomic E-state index is 0.308. The normalized spacial score (nSPS) is 11.7. The van der Waals surface area contributed by atoms with Crippen LogP contribution in [0.15, 0.2) is 21.0 Å². The number of fused-ring (bicyclic) bond motifs is 1. The molecule has 104 valence electrons. The Bertz CT molecular complexity index is 577. The molecular weight excluding hydrogens is 309 g/mol. The third-order valence-corrected chi connectivity index (χ3v) is 3.52. The van der Waals surface area contributed by atoms with Crippen LogP contribution in [-0.4, -0.2) is 6.04 Å². The van der Waals surface area contributed by atoms with Crippen LogP contribution in [0.25, 0.3) is 11.0 Å². The summed E-state index contributed by atoms with van der Waals surface area (Å²) in [7, 11) is 0. The highest BCUT2D eigenvalue weighted by molar-refractivity contribution is 9.10. The summed E-state index contributed by atoms with van der Waals surface area (Å²) in [6.45, 7) is 6.92. The molecule has 1 heterocycles. The van der Waals surface area contributed by atoms with Crippen molar-refractivity contribution in [1.82, 2.24) is 5.32 Å². The van der Waals surface area contributed by atoms with E-state index in [1.54, 1.807) is 0 Å². The van der Waals surface area contributed by atoms with Gasteiger partial charge in [-0.25, -0.2) is 4.39 Å². The van der Waals surface area contributed by atoms with Crippen LogP contribution in [0, 0.1) is 5.82 Å². The molecule has 0 atom stereocenters. The Morgan fingerprint density at radius 2 is 2.11 bits per heavy atom. The van der Waals surface area contributed by atoms with E-state index in [-0.39, 0.29) is 5.82 Å². The molecule has 1 aromatic heterocycles. The third kappa shape index (κ3) is 3.18. The molecule has 0 bridgehead atoms. The predicted molar refractivity (Wildman–Crippen MR) is 79.8 cm³/mol. The van der Waals surface area contributed by atoms with Gasteiger partial charge in [-0.3, -0.25) is 0 Å². The van der Waals surface area contributed by atoms with Crippen molar-refractivity contribution in [3.8, 4) is 0 Å². The van der Waals surface area contributed by atoms with E-state index >= 15 is 0 Å². The first-order valence-corrected chi connectivity index (χ1v) is 7.45. The van der Waals surface area contributed by atoms with E-state index in [0.717, 1.165) is 34.0 Å². The predicted octanol–water partition coefficient (Wildman–Crippen LogP) is 4.78. The van der Waals surface area contributed by atoms with Gasteiger partial charge in [-0.15, -0.1) is 0 Å². The monoisotopic (exact) mass is 327 g/mol. The first-order valence-electron chi connectivity index (χ1n) is 6.65. The number of hydrogen-bond donors (Lipinski definition) is 1. The molecule has 0 aliphatic rings. The average Bonchev–Trinajstić information content (AvgIpc) is 2.66. The number of furan rings is 1. The second-order valence-corrected chi connectivity index (χ2v) is 5.97. The fraction of sp³-hybridized carbons (Fsp3) is 0.467. The molecular formula is C15H19BrFNO. The van der Waals surface area contributed by atoms with Crippen molar-refractivity contribution in [2.24, 2.45) is 0 Å². The van der Waals surface area contributed by atoms with Crippen LogP contribution in [0.2, 0.25) is 0 Å². The zero-order chi connectivity index (χ0) is 14.0. The topological polar surface area (TPSA) is 25.2 Å². The molecule has 19 heavy (non-hydrogen) atoms. The summed E-state index contributed by atoms with van der Waals surface area (Å²) in [6.07, 6.45) is 1.91. The molecule has 2 rings (SSSR count). The summed E-state index contributed by atoms with van der Waals surface area (Å²) in [6, 6.07) is 3.76. The summed E-state index contributed by atoms with van der Waals surface area (Å²) in [5.74, 6) is 0.542. The second-order valence-electron chi connectivity index (χ2n) is 5.05. The number of rotatable bonds is 5. The van der Waals surface area contributed by atoms with Gasteiger partial charge in [0.2, 0.25) is 0 Å². The quantitative estimate of drug-likeness (QED) is 0.854. The van der Waals surface area contributed by atoms with Crippen LogP contribution >= 0.6 is 15.9 Å². The van der Waals surface area contributed by atoms with Crippen LogP contribution in [0.4, 0.5) is 4.39 Å². The minimum Gasteiger partial charge on any atom is -0.456 e. The molecule has 0 radical (unpaired) electrons. The lowest BCUT2D eigenvalue weighted by atomic mass is 10.1. The van der Waals surface area contributed by atoms with Gasteiger partial charge in [0.05, 0.1) is 6.54 Å². The molecule has 1 aromatic carbocycles. The lowest BCUT2D eigenvalue weighted by molar-refractivity contribution is 0.471. The minimum atomic E-state index is -0.308. The number of aryl methyl sites for hydroxylation is 1.